The summed E-state index contributed by atoms with van der Waals surface area (Å²) < 4.78 is 0. The lowest BCUT2D eigenvalue weighted by Gasteiger charge is -1.99. The molecule has 0 saturated heterocycles. The van der Waals surface area contributed by atoms with E-state index in [1.54, 1.807) is 0 Å². The maximum Gasteiger partial charge on any atom is 0.0705 e. The molecule has 0 spiro atoms. The number of nitrogens with one attached hydrogen (secondary N) is 2. The zero-order valence-corrected chi connectivity index (χ0v) is 10.4. The van der Waals surface area contributed by atoms with Gasteiger partial charge in [0.1, 0.15) is 0 Å². The third-order valence-corrected chi connectivity index (χ3v) is 2.74. The van der Waals surface area contributed by atoms with E-state index in [4.69, 9.17) is 11.6 Å². The van der Waals surface area contributed by atoms with Crippen molar-refractivity contribution in [3.05, 3.63) is 47.6 Å². The van der Waals surface area contributed by atoms with Crippen molar-refractivity contribution in [2.24, 2.45) is 0 Å². The second-order valence-corrected chi connectivity index (χ2v) is 3.76. The Morgan fingerprint density at radius 1 is 1.38 bits per heavy atom. The van der Waals surface area contributed by atoms with Crippen LogP contribution in [0.4, 0.5) is 0 Å². The second-order valence-electron chi connectivity index (χ2n) is 3.38. The minimum Gasteiger partial charge on any atom is -0.356 e. The molecule has 4 heteroatoms. The average Bonchev–Trinajstić information content (AvgIpc) is 2.57. The van der Waals surface area contributed by atoms with Crippen LogP contribution < -0.4 is 5.32 Å². The fraction of sp³-hybridized carbons (Fsp3) is 0.167. The summed E-state index contributed by atoms with van der Waals surface area (Å²) in [4.78, 5) is 3.29. The molecule has 0 amide bonds. The lowest BCUT2D eigenvalue weighted by molar-refractivity contribution is 0.747. The number of para-hydroxylation sites is 1. The minimum absolute atomic E-state index is 0. The number of aromatic amines is 1. The summed E-state index contributed by atoms with van der Waals surface area (Å²) in [6, 6.07) is 8.03. The van der Waals surface area contributed by atoms with Crippen molar-refractivity contribution in [3.8, 4) is 0 Å². The fourth-order valence-corrected chi connectivity index (χ4v) is 1.86. The summed E-state index contributed by atoms with van der Waals surface area (Å²) >= 11 is 6.24. The molecule has 1 aromatic heterocycles. The molecule has 1 heterocycles. The molecule has 16 heavy (non-hydrogen) atoms. The van der Waals surface area contributed by atoms with E-state index in [0.29, 0.717) is 0 Å². The third kappa shape index (κ3) is 2.59. The Labute approximate surface area is 106 Å². The van der Waals surface area contributed by atoms with Crippen LogP contribution in [-0.4, -0.2) is 11.5 Å². The smallest absolute Gasteiger partial charge is 0.0705 e. The maximum atomic E-state index is 6.24. The Morgan fingerprint density at radius 2 is 2.12 bits per heavy atom. The van der Waals surface area contributed by atoms with Crippen molar-refractivity contribution in [1.29, 1.82) is 0 Å². The normalized spacial score (nSPS) is 10.1. The van der Waals surface area contributed by atoms with E-state index in [9.17, 15) is 0 Å². The van der Waals surface area contributed by atoms with Crippen LogP contribution in [0.15, 0.2) is 36.9 Å². The molecule has 0 bridgehead atoms. The molecule has 0 radical (unpaired) electrons. The molecule has 86 valence electrons. The van der Waals surface area contributed by atoms with Crippen molar-refractivity contribution in [2.45, 2.75) is 6.54 Å². The largest absolute Gasteiger partial charge is 0.356 e. The lowest BCUT2D eigenvalue weighted by atomic mass is 10.2. The van der Waals surface area contributed by atoms with Crippen LogP contribution in [0.3, 0.4) is 0 Å². The van der Waals surface area contributed by atoms with Gasteiger partial charge in [-0.05, 0) is 6.07 Å². The fourth-order valence-electron chi connectivity index (χ4n) is 1.58. The first kappa shape index (κ1) is 13.1. The molecule has 0 aliphatic rings. The Morgan fingerprint density at radius 3 is 2.81 bits per heavy atom. The second kappa shape index (κ2) is 5.94. The molecular weight excluding hydrogens is 243 g/mol. The summed E-state index contributed by atoms with van der Waals surface area (Å²) in [6.07, 6.45) is 1.83. The highest BCUT2D eigenvalue weighted by Crippen LogP contribution is 2.26. The standard InChI is InChI=1S/C12H13ClN2.ClH/c1-2-7-14-8-11-12(13)9-5-3-4-6-10(9)15-11;/h2-6,14-15H,1,7-8H2;1H. The molecular formula is C12H14Cl2N2. The molecule has 2 nitrogen and oxygen atoms in total. The van der Waals surface area contributed by atoms with Crippen molar-refractivity contribution >= 4 is 34.9 Å². The van der Waals surface area contributed by atoms with E-state index in [0.717, 1.165) is 34.7 Å². The van der Waals surface area contributed by atoms with Crippen LogP contribution >= 0.6 is 24.0 Å². The highest BCUT2D eigenvalue weighted by atomic mass is 35.5. The number of benzene rings is 1. The third-order valence-electron chi connectivity index (χ3n) is 2.30. The number of rotatable bonds is 4. The molecule has 0 aliphatic heterocycles. The van der Waals surface area contributed by atoms with Gasteiger partial charge in [-0.2, -0.15) is 0 Å². The van der Waals surface area contributed by atoms with Crippen LogP contribution in [0.25, 0.3) is 10.9 Å². The zero-order valence-electron chi connectivity index (χ0n) is 8.79. The monoisotopic (exact) mass is 256 g/mol. The van der Waals surface area contributed by atoms with Crippen molar-refractivity contribution in [2.75, 3.05) is 6.54 Å². The SMILES string of the molecule is C=CCNCc1[nH]c2ccccc2c1Cl.Cl. The number of aromatic nitrogens is 1. The average molecular weight is 257 g/mol. The van der Waals surface area contributed by atoms with E-state index < -0.39 is 0 Å². The molecule has 0 atom stereocenters. The van der Waals surface area contributed by atoms with Crippen molar-refractivity contribution < 1.29 is 0 Å². The molecule has 0 aliphatic carbocycles. The summed E-state index contributed by atoms with van der Waals surface area (Å²) in [5.41, 5.74) is 2.11. The number of fused-ring (bicyclic) bond motifs is 1. The van der Waals surface area contributed by atoms with Gasteiger partial charge < -0.3 is 10.3 Å². The molecule has 1 aromatic carbocycles. The molecule has 0 saturated carbocycles. The summed E-state index contributed by atoms with van der Waals surface area (Å²) in [7, 11) is 0. The van der Waals surface area contributed by atoms with Gasteiger partial charge in [-0.3, -0.25) is 0 Å². The predicted octanol–water partition coefficient (Wildman–Crippen LogP) is 3.52. The van der Waals surface area contributed by atoms with Gasteiger partial charge in [0.25, 0.3) is 0 Å². The van der Waals surface area contributed by atoms with Crippen LogP contribution in [-0.2, 0) is 6.54 Å². The Bertz CT molecular complexity index is 477. The first-order valence-electron chi connectivity index (χ1n) is 4.89. The van der Waals surface area contributed by atoms with Gasteiger partial charge in [-0.1, -0.05) is 35.9 Å². The first-order chi connectivity index (χ1) is 7.33. The summed E-state index contributed by atoms with van der Waals surface area (Å²) in [6.45, 7) is 5.17. The molecule has 2 rings (SSSR count). The number of halogens is 2. The molecule has 2 aromatic rings. The summed E-state index contributed by atoms with van der Waals surface area (Å²) in [5, 5.41) is 5.11. The van der Waals surface area contributed by atoms with Gasteiger partial charge >= 0.3 is 0 Å². The quantitative estimate of drug-likeness (QED) is 0.636. The topological polar surface area (TPSA) is 27.8 Å². The predicted molar refractivity (Wildman–Crippen MR) is 72.5 cm³/mol. The molecule has 2 N–H and O–H groups in total. The van der Waals surface area contributed by atoms with Crippen molar-refractivity contribution in [3.63, 3.8) is 0 Å². The zero-order chi connectivity index (χ0) is 10.7. The first-order valence-corrected chi connectivity index (χ1v) is 5.27. The molecule has 0 unspecified atom stereocenters. The maximum absolute atomic E-state index is 6.24. The Kier molecular flexibility index (Phi) is 4.87. The van der Waals surface area contributed by atoms with Gasteiger partial charge in [0.05, 0.1) is 5.02 Å². The minimum atomic E-state index is 0. The van der Waals surface area contributed by atoms with Crippen LogP contribution in [0, 0.1) is 0 Å². The highest BCUT2D eigenvalue weighted by molar-refractivity contribution is 6.36. The number of H-pyrrole nitrogens is 1. The van der Waals surface area contributed by atoms with E-state index >= 15 is 0 Å². The Hall–Kier alpha value is -0.960. The summed E-state index contributed by atoms with van der Waals surface area (Å²) in [5.74, 6) is 0. The van der Waals surface area contributed by atoms with E-state index in [1.807, 2.05) is 30.3 Å². The van der Waals surface area contributed by atoms with Crippen LogP contribution in [0.5, 0.6) is 0 Å². The van der Waals surface area contributed by atoms with E-state index in [1.165, 1.54) is 0 Å². The molecule has 0 fully saturated rings. The lowest BCUT2D eigenvalue weighted by Crippen LogP contribution is -2.12. The van der Waals surface area contributed by atoms with Crippen LogP contribution in [0.2, 0.25) is 5.02 Å². The van der Waals surface area contributed by atoms with Gasteiger partial charge in [-0.25, -0.2) is 0 Å². The van der Waals surface area contributed by atoms with Gasteiger partial charge in [0.15, 0.2) is 0 Å². The number of hydrogen-bond donors (Lipinski definition) is 2. The van der Waals surface area contributed by atoms with Crippen LogP contribution in [0.1, 0.15) is 5.69 Å². The van der Waals surface area contributed by atoms with Gasteiger partial charge in [-0.15, -0.1) is 19.0 Å². The number of hydrogen-bond acceptors (Lipinski definition) is 1. The van der Waals surface area contributed by atoms with Gasteiger partial charge in [0.2, 0.25) is 0 Å². The van der Waals surface area contributed by atoms with E-state index in [2.05, 4.69) is 16.9 Å². The Balaban J connectivity index is 0.00000128. The van der Waals surface area contributed by atoms with Gasteiger partial charge in [0, 0.05) is 29.7 Å². The highest BCUT2D eigenvalue weighted by Gasteiger charge is 2.07. The van der Waals surface area contributed by atoms with E-state index in [-0.39, 0.29) is 12.4 Å². The van der Waals surface area contributed by atoms with Crippen molar-refractivity contribution in [1.82, 2.24) is 10.3 Å².